The number of rotatable bonds is 1. The normalized spacial score (nSPS) is 13.9. The van der Waals surface area contributed by atoms with Crippen molar-refractivity contribution >= 4 is 51.2 Å². The Labute approximate surface area is 216 Å². The van der Waals surface area contributed by atoms with Crippen molar-refractivity contribution in [2.75, 3.05) is 0 Å². The highest BCUT2D eigenvalue weighted by atomic mass is 35.5. The molecule has 0 nitrogen and oxygen atoms in total. The summed E-state index contributed by atoms with van der Waals surface area (Å²) in [5, 5.41) is 9.10. The maximum Gasteiger partial charge on any atom is 0.182 e. The first kappa shape index (κ1) is 20.3. The van der Waals surface area contributed by atoms with Crippen LogP contribution in [0.5, 0.6) is 0 Å². The van der Waals surface area contributed by atoms with Crippen molar-refractivity contribution < 1.29 is 0 Å². The highest BCUT2D eigenvalue weighted by Gasteiger charge is 2.54. The zero-order valence-electron chi connectivity index (χ0n) is 19.5. The molecule has 2 aliphatic heterocycles. The van der Waals surface area contributed by atoms with Crippen LogP contribution in [-0.2, 0) is 0 Å². The second kappa shape index (κ2) is 7.30. The lowest BCUT2D eigenvalue weighted by Crippen LogP contribution is -2.71. The van der Waals surface area contributed by atoms with Gasteiger partial charge in [-0.3, -0.25) is 0 Å². The highest BCUT2D eigenvalue weighted by Crippen LogP contribution is 2.41. The molecule has 0 aliphatic carbocycles. The predicted molar refractivity (Wildman–Crippen MR) is 156 cm³/mol. The van der Waals surface area contributed by atoms with Crippen molar-refractivity contribution in [3.05, 3.63) is 132 Å². The monoisotopic (exact) mass is 492 g/mol. The molecule has 168 valence electrons. The standard InChI is InChI=1S/C34H21ClSi/c35-29-18-8-11-22-10-7-15-26(33(22)29)28-17-9-16-27-25-14-3-6-21-32(25)36(34(27)28)30-19-4-1-12-23(30)24-13-2-5-20-31(24)36/h1-21H. The van der Waals surface area contributed by atoms with Gasteiger partial charge in [0.25, 0.3) is 0 Å². The lowest BCUT2D eigenvalue weighted by atomic mass is 9.95. The van der Waals surface area contributed by atoms with E-state index in [4.69, 9.17) is 11.6 Å². The largest absolute Gasteiger partial charge is 0.182 e. The van der Waals surface area contributed by atoms with Gasteiger partial charge in [-0.05, 0) is 65.6 Å². The second-order valence-corrected chi connectivity index (χ2v) is 13.8. The Kier molecular flexibility index (Phi) is 4.12. The van der Waals surface area contributed by atoms with Gasteiger partial charge in [0.05, 0.1) is 0 Å². The SMILES string of the molecule is Clc1cccc2cccc(-c3cccc4c3[Si]3(c5ccccc5-c5ccccc53)c3ccccc3-4)c12. The maximum atomic E-state index is 6.88. The van der Waals surface area contributed by atoms with Gasteiger partial charge in [-0.15, -0.1) is 0 Å². The highest BCUT2D eigenvalue weighted by molar-refractivity contribution is 7.24. The molecule has 8 rings (SSSR count). The molecule has 0 bridgehead atoms. The lowest BCUT2D eigenvalue weighted by Gasteiger charge is -2.30. The molecular weight excluding hydrogens is 472 g/mol. The Balaban J connectivity index is 1.60. The van der Waals surface area contributed by atoms with Crippen LogP contribution in [0.4, 0.5) is 0 Å². The molecule has 6 aromatic carbocycles. The molecule has 0 unspecified atom stereocenters. The number of hydrogen-bond acceptors (Lipinski definition) is 0. The molecule has 6 aromatic rings. The summed E-state index contributed by atoms with van der Waals surface area (Å²) in [4.78, 5) is 0. The molecule has 0 saturated carbocycles. The first-order chi connectivity index (χ1) is 17.8. The zero-order valence-corrected chi connectivity index (χ0v) is 21.3. The van der Waals surface area contributed by atoms with Gasteiger partial charge in [0, 0.05) is 10.4 Å². The van der Waals surface area contributed by atoms with Crippen LogP contribution in [0.1, 0.15) is 0 Å². The summed E-state index contributed by atoms with van der Waals surface area (Å²) < 4.78 is 0. The minimum Gasteiger partial charge on any atom is -0.0836 e. The Bertz CT molecular complexity index is 1800. The molecule has 0 amide bonds. The van der Waals surface area contributed by atoms with E-state index in [1.165, 1.54) is 59.5 Å². The number of halogens is 1. The van der Waals surface area contributed by atoms with Gasteiger partial charge in [0.1, 0.15) is 0 Å². The average Bonchev–Trinajstić information content (AvgIpc) is 3.41. The molecule has 2 aliphatic rings. The number of fused-ring (bicyclic) bond motifs is 11. The van der Waals surface area contributed by atoms with E-state index >= 15 is 0 Å². The van der Waals surface area contributed by atoms with E-state index in [9.17, 15) is 0 Å². The molecule has 36 heavy (non-hydrogen) atoms. The summed E-state index contributed by atoms with van der Waals surface area (Å²) in [6.45, 7) is 0. The van der Waals surface area contributed by atoms with Crippen LogP contribution in [-0.4, -0.2) is 8.07 Å². The zero-order chi connectivity index (χ0) is 23.9. The van der Waals surface area contributed by atoms with Gasteiger partial charge in [-0.1, -0.05) is 133 Å². The molecule has 2 heteroatoms. The van der Waals surface area contributed by atoms with Crippen LogP contribution >= 0.6 is 11.6 Å². The van der Waals surface area contributed by atoms with E-state index in [0.717, 1.165) is 10.4 Å². The molecule has 0 aromatic heterocycles. The molecule has 0 atom stereocenters. The van der Waals surface area contributed by atoms with Crippen LogP contribution in [0, 0.1) is 0 Å². The van der Waals surface area contributed by atoms with Crippen LogP contribution in [0.25, 0.3) is 44.2 Å². The van der Waals surface area contributed by atoms with E-state index < -0.39 is 8.07 Å². The summed E-state index contributed by atoms with van der Waals surface area (Å²) in [7, 11) is -2.53. The smallest absolute Gasteiger partial charge is 0.0836 e. The third-order valence-electron chi connectivity index (χ3n) is 8.16. The number of hydrogen-bond donors (Lipinski definition) is 0. The van der Waals surface area contributed by atoms with E-state index in [1.54, 1.807) is 0 Å². The van der Waals surface area contributed by atoms with E-state index in [1.807, 2.05) is 12.1 Å². The Morgan fingerprint density at radius 1 is 0.389 bits per heavy atom. The number of benzene rings is 6. The summed E-state index contributed by atoms with van der Waals surface area (Å²) >= 11 is 6.88. The van der Waals surface area contributed by atoms with Crippen molar-refractivity contribution in [3.8, 4) is 33.4 Å². The van der Waals surface area contributed by atoms with E-state index in [-0.39, 0.29) is 0 Å². The first-order valence-electron chi connectivity index (χ1n) is 12.4. The molecule has 0 N–H and O–H groups in total. The van der Waals surface area contributed by atoms with Crippen molar-refractivity contribution in [1.29, 1.82) is 0 Å². The van der Waals surface area contributed by atoms with Crippen LogP contribution in [0.2, 0.25) is 5.02 Å². The van der Waals surface area contributed by atoms with Crippen molar-refractivity contribution in [1.82, 2.24) is 0 Å². The molecule has 2 heterocycles. The van der Waals surface area contributed by atoms with Gasteiger partial charge in [-0.25, -0.2) is 0 Å². The van der Waals surface area contributed by atoms with E-state index in [2.05, 4.69) is 115 Å². The maximum absolute atomic E-state index is 6.88. The lowest BCUT2D eigenvalue weighted by molar-refractivity contribution is 1.67. The first-order valence-corrected chi connectivity index (χ1v) is 14.8. The molecule has 1 spiro atoms. The molecule has 0 fully saturated rings. The third-order valence-corrected chi connectivity index (χ3v) is 13.5. The minimum absolute atomic E-state index is 0.805. The summed E-state index contributed by atoms with van der Waals surface area (Å²) in [6, 6.07) is 47.0. The van der Waals surface area contributed by atoms with Gasteiger partial charge in [-0.2, -0.15) is 0 Å². The van der Waals surface area contributed by atoms with Crippen molar-refractivity contribution in [2.45, 2.75) is 0 Å². The van der Waals surface area contributed by atoms with Gasteiger partial charge < -0.3 is 0 Å². The summed E-state index contributed by atoms with van der Waals surface area (Å²) in [6.07, 6.45) is 0. The fraction of sp³-hybridized carbons (Fsp3) is 0. The van der Waals surface area contributed by atoms with Crippen LogP contribution in [0.3, 0.4) is 0 Å². The fourth-order valence-corrected chi connectivity index (χ4v) is 13.0. The Morgan fingerprint density at radius 2 is 0.806 bits per heavy atom. The van der Waals surface area contributed by atoms with Gasteiger partial charge >= 0.3 is 0 Å². The van der Waals surface area contributed by atoms with Crippen LogP contribution < -0.4 is 20.7 Å². The fourth-order valence-electron chi connectivity index (χ4n) is 6.90. The summed E-state index contributed by atoms with van der Waals surface area (Å²) in [5.41, 5.74) is 8.03. The topological polar surface area (TPSA) is 0 Å². The third kappa shape index (κ3) is 2.40. The van der Waals surface area contributed by atoms with Crippen molar-refractivity contribution in [2.24, 2.45) is 0 Å². The average molecular weight is 493 g/mol. The molecule has 0 saturated heterocycles. The van der Waals surface area contributed by atoms with Crippen molar-refractivity contribution in [3.63, 3.8) is 0 Å². The van der Waals surface area contributed by atoms with Crippen LogP contribution in [0.15, 0.2) is 127 Å². The quantitative estimate of drug-likeness (QED) is 0.229. The Morgan fingerprint density at radius 3 is 1.42 bits per heavy atom. The molecule has 0 radical (unpaired) electrons. The summed E-state index contributed by atoms with van der Waals surface area (Å²) in [5.74, 6) is 0. The Hall–Kier alpha value is -3.91. The molecular formula is C34H21ClSi. The van der Waals surface area contributed by atoms with Gasteiger partial charge in [0.15, 0.2) is 8.07 Å². The van der Waals surface area contributed by atoms with E-state index in [0.29, 0.717) is 0 Å². The van der Waals surface area contributed by atoms with Gasteiger partial charge in [0.2, 0.25) is 0 Å². The predicted octanol–water partition coefficient (Wildman–Crippen LogP) is 6.50. The second-order valence-electron chi connectivity index (χ2n) is 9.76. The minimum atomic E-state index is -2.53.